The lowest BCUT2D eigenvalue weighted by molar-refractivity contribution is -0.126. The molecule has 6 heteroatoms. The molecule has 1 aromatic rings. The van der Waals surface area contributed by atoms with Crippen LogP contribution in [0.25, 0.3) is 0 Å². The fourth-order valence-electron chi connectivity index (χ4n) is 1.22. The summed E-state index contributed by atoms with van der Waals surface area (Å²) in [7, 11) is 0. The summed E-state index contributed by atoms with van der Waals surface area (Å²) in [6, 6.07) is 1.79. The number of nitrogens with one attached hydrogen (secondary N) is 1. The van der Waals surface area contributed by atoms with Gasteiger partial charge in [0.2, 0.25) is 5.91 Å². The largest absolute Gasteiger partial charge is 0.325 e. The van der Waals surface area contributed by atoms with Crippen LogP contribution in [0.1, 0.15) is 27.7 Å². The van der Waals surface area contributed by atoms with E-state index in [1.165, 1.54) is 0 Å². The Bertz CT molecular complexity index is 487. The Morgan fingerprint density at radius 3 is 2.21 bits per heavy atom. The van der Waals surface area contributed by atoms with E-state index in [0.717, 1.165) is 6.07 Å². The fourth-order valence-corrected chi connectivity index (χ4v) is 1.73. The predicted octanol–water partition coefficient (Wildman–Crippen LogP) is 3.43. The van der Waals surface area contributed by atoms with Crippen LogP contribution in [0.5, 0.6) is 0 Å². The second kappa shape index (κ2) is 5.17. The molecule has 0 aromatic heterocycles. The first kappa shape index (κ1) is 16.0. The van der Waals surface area contributed by atoms with E-state index in [9.17, 15) is 13.6 Å². The van der Waals surface area contributed by atoms with Gasteiger partial charge in [-0.25, -0.2) is 8.78 Å². The van der Waals surface area contributed by atoms with Crippen molar-refractivity contribution in [1.29, 1.82) is 0 Å². The van der Waals surface area contributed by atoms with Gasteiger partial charge in [-0.05, 0) is 49.7 Å². The van der Waals surface area contributed by atoms with E-state index in [1.54, 1.807) is 27.7 Å². The van der Waals surface area contributed by atoms with Crippen LogP contribution < -0.4 is 11.1 Å². The zero-order valence-corrected chi connectivity index (χ0v) is 12.9. The van der Waals surface area contributed by atoms with Crippen molar-refractivity contribution in [2.24, 2.45) is 11.1 Å². The van der Waals surface area contributed by atoms with Gasteiger partial charge in [-0.1, -0.05) is 0 Å². The van der Waals surface area contributed by atoms with E-state index in [0.29, 0.717) is 6.07 Å². The van der Waals surface area contributed by atoms with Gasteiger partial charge in [0, 0.05) is 16.1 Å². The van der Waals surface area contributed by atoms with Crippen molar-refractivity contribution in [2.45, 2.75) is 33.2 Å². The summed E-state index contributed by atoms with van der Waals surface area (Å²) in [5.74, 6) is -2.00. The van der Waals surface area contributed by atoms with Crippen molar-refractivity contribution in [3.63, 3.8) is 0 Å². The normalized spacial score (nSPS) is 12.4. The van der Waals surface area contributed by atoms with Crippen LogP contribution in [-0.4, -0.2) is 11.4 Å². The van der Waals surface area contributed by atoms with E-state index in [-0.39, 0.29) is 10.2 Å². The molecule has 0 unspecified atom stereocenters. The van der Waals surface area contributed by atoms with E-state index in [4.69, 9.17) is 5.73 Å². The topological polar surface area (TPSA) is 55.1 Å². The quantitative estimate of drug-likeness (QED) is 0.889. The molecular formula is C13H17BrF2N2O. The molecule has 0 aliphatic heterocycles. The first-order valence-corrected chi connectivity index (χ1v) is 6.51. The molecule has 3 N–H and O–H groups in total. The molecule has 0 fully saturated rings. The van der Waals surface area contributed by atoms with Gasteiger partial charge in [0.25, 0.3) is 0 Å². The van der Waals surface area contributed by atoms with Crippen LogP contribution in [-0.2, 0) is 4.79 Å². The number of anilines is 1. The highest BCUT2D eigenvalue weighted by Gasteiger charge is 2.40. The van der Waals surface area contributed by atoms with Crippen molar-refractivity contribution in [1.82, 2.24) is 0 Å². The van der Waals surface area contributed by atoms with Crippen LogP contribution in [0, 0.1) is 17.0 Å². The molecule has 0 spiro atoms. The fraction of sp³-hybridized carbons (Fsp3) is 0.462. The Kier molecular flexibility index (Phi) is 4.37. The van der Waals surface area contributed by atoms with Gasteiger partial charge in [0.05, 0.1) is 11.1 Å². The molecule has 3 nitrogen and oxygen atoms in total. The zero-order chi connectivity index (χ0) is 15.0. The molecule has 0 heterocycles. The van der Waals surface area contributed by atoms with Gasteiger partial charge >= 0.3 is 0 Å². The molecule has 0 radical (unpaired) electrons. The summed E-state index contributed by atoms with van der Waals surface area (Å²) < 4.78 is 26.7. The Morgan fingerprint density at radius 2 is 1.79 bits per heavy atom. The van der Waals surface area contributed by atoms with Gasteiger partial charge in [-0.2, -0.15) is 0 Å². The summed E-state index contributed by atoms with van der Waals surface area (Å²) in [5.41, 5.74) is 4.13. The van der Waals surface area contributed by atoms with Gasteiger partial charge in [0.15, 0.2) is 5.82 Å². The van der Waals surface area contributed by atoms with E-state index in [1.807, 2.05) is 0 Å². The summed E-state index contributed by atoms with van der Waals surface area (Å²) in [6.45, 7) is 6.75. The molecular weight excluding hydrogens is 318 g/mol. The van der Waals surface area contributed by atoms with Crippen molar-refractivity contribution in [3.05, 3.63) is 28.2 Å². The van der Waals surface area contributed by atoms with E-state index in [2.05, 4.69) is 21.2 Å². The van der Waals surface area contributed by atoms with Gasteiger partial charge in [-0.3, -0.25) is 4.79 Å². The first-order valence-electron chi connectivity index (χ1n) is 5.71. The minimum Gasteiger partial charge on any atom is -0.325 e. The molecule has 1 aromatic carbocycles. The Balaban J connectivity index is 3.08. The Labute approximate surface area is 119 Å². The van der Waals surface area contributed by atoms with E-state index >= 15 is 0 Å². The molecule has 1 amide bonds. The number of rotatable bonds is 3. The number of hydrogen-bond acceptors (Lipinski definition) is 2. The third-order valence-electron chi connectivity index (χ3n) is 3.42. The Hall–Kier alpha value is -1.01. The van der Waals surface area contributed by atoms with Crippen LogP contribution in [0.2, 0.25) is 0 Å². The van der Waals surface area contributed by atoms with E-state index < -0.39 is 28.5 Å². The molecule has 19 heavy (non-hydrogen) atoms. The average molecular weight is 335 g/mol. The van der Waals surface area contributed by atoms with Crippen molar-refractivity contribution < 1.29 is 13.6 Å². The molecule has 0 atom stereocenters. The highest BCUT2D eigenvalue weighted by atomic mass is 79.9. The molecule has 1 rings (SSSR count). The number of carbonyl (C=O) groups is 1. The lowest BCUT2D eigenvalue weighted by Crippen LogP contribution is -2.53. The highest BCUT2D eigenvalue weighted by Crippen LogP contribution is 2.32. The summed E-state index contributed by atoms with van der Waals surface area (Å²) in [5, 5.41) is 2.45. The maximum atomic E-state index is 13.6. The minimum atomic E-state index is -0.923. The molecule has 0 saturated carbocycles. The maximum absolute atomic E-state index is 13.6. The third kappa shape index (κ3) is 3.30. The molecule has 0 aliphatic carbocycles. The number of carbonyl (C=O) groups excluding carboxylic acids is 1. The smallest absolute Gasteiger partial charge is 0.231 e. The van der Waals surface area contributed by atoms with Crippen molar-refractivity contribution >= 4 is 27.5 Å². The van der Waals surface area contributed by atoms with Gasteiger partial charge in [-0.15, -0.1) is 0 Å². The highest BCUT2D eigenvalue weighted by molar-refractivity contribution is 9.10. The minimum absolute atomic E-state index is 0.0938. The zero-order valence-electron chi connectivity index (χ0n) is 11.3. The van der Waals surface area contributed by atoms with Gasteiger partial charge < -0.3 is 11.1 Å². The van der Waals surface area contributed by atoms with Crippen molar-refractivity contribution in [2.75, 3.05) is 5.32 Å². The first-order chi connectivity index (χ1) is 8.46. The summed E-state index contributed by atoms with van der Waals surface area (Å²) >= 11 is 3.02. The van der Waals surface area contributed by atoms with Gasteiger partial charge in [0.1, 0.15) is 5.82 Å². The summed E-state index contributed by atoms with van der Waals surface area (Å²) in [6.07, 6.45) is 0. The van der Waals surface area contributed by atoms with Crippen LogP contribution in [0.4, 0.5) is 14.5 Å². The second-order valence-corrected chi connectivity index (χ2v) is 6.40. The monoisotopic (exact) mass is 334 g/mol. The number of amides is 1. The average Bonchev–Trinajstić information content (AvgIpc) is 2.21. The SMILES string of the molecule is CC(C)(N)C(C)(C)C(=O)Nc1c(F)cc(F)cc1Br. The number of benzene rings is 1. The Morgan fingerprint density at radius 1 is 1.26 bits per heavy atom. The lowest BCUT2D eigenvalue weighted by Gasteiger charge is -2.37. The molecule has 0 bridgehead atoms. The number of nitrogens with two attached hydrogens (primary N) is 1. The molecule has 106 valence electrons. The third-order valence-corrected chi connectivity index (χ3v) is 4.05. The maximum Gasteiger partial charge on any atom is 0.231 e. The standard InChI is InChI=1S/C13H17BrF2N2O/c1-12(2,13(3,4)17)11(19)18-10-8(14)5-7(15)6-9(10)16/h5-6H,17H2,1-4H3,(H,18,19). The number of halogens is 3. The summed E-state index contributed by atoms with van der Waals surface area (Å²) in [4.78, 5) is 12.2. The van der Waals surface area contributed by atoms with Crippen LogP contribution in [0.3, 0.4) is 0 Å². The lowest BCUT2D eigenvalue weighted by atomic mass is 9.74. The van der Waals surface area contributed by atoms with Crippen molar-refractivity contribution in [3.8, 4) is 0 Å². The number of hydrogen-bond donors (Lipinski definition) is 2. The predicted molar refractivity (Wildman–Crippen MR) is 74.7 cm³/mol. The molecule has 0 aliphatic rings. The second-order valence-electron chi connectivity index (χ2n) is 5.55. The van der Waals surface area contributed by atoms with Crippen LogP contribution in [0.15, 0.2) is 16.6 Å². The van der Waals surface area contributed by atoms with Crippen LogP contribution >= 0.6 is 15.9 Å². The molecule has 0 saturated heterocycles.